The highest BCUT2D eigenvalue weighted by Crippen LogP contribution is 2.35. The van der Waals surface area contributed by atoms with Crippen molar-refractivity contribution in [3.63, 3.8) is 0 Å². The van der Waals surface area contributed by atoms with Crippen molar-refractivity contribution < 1.29 is 17.3 Å². The van der Waals surface area contributed by atoms with Gasteiger partial charge in [-0.2, -0.15) is 4.31 Å². The standard InChI is InChI=1S/C17H15FN4O4S/c18-13-6-7-14-15(8-13)27(24,25)22(9-12-4-2-1-3-5-12)11-21(14)10-16-19-17(23)26-20-16/h1-8H,9-11H2,(H,19,20,23). The Morgan fingerprint density at radius 3 is 2.63 bits per heavy atom. The molecule has 1 aromatic heterocycles. The third-order valence-corrected chi connectivity index (χ3v) is 6.04. The second-order valence-corrected chi connectivity index (χ2v) is 8.00. The first-order valence-electron chi connectivity index (χ1n) is 8.07. The smallest absolute Gasteiger partial charge is 0.349 e. The van der Waals surface area contributed by atoms with Crippen LogP contribution in [0.1, 0.15) is 11.4 Å². The summed E-state index contributed by atoms with van der Waals surface area (Å²) in [5, 5.41) is 3.62. The van der Waals surface area contributed by atoms with Gasteiger partial charge in [0.25, 0.3) is 0 Å². The van der Waals surface area contributed by atoms with Gasteiger partial charge in [0.05, 0.1) is 18.9 Å². The van der Waals surface area contributed by atoms with Crippen molar-refractivity contribution >= 4 is 15.7 Å². The van der Waals surface area contributed by atoms with E-state index in [9.17, 15) is 17.6 Å². The third kappa shape index (κ3) is 3.36. The number of hydrogen-bond donors (Lipinski definition) is 1. The van der Waals surface area contributed by atoms with Crippen molar-refractivity contribution in [2.45, 2.75) is 18.0 Å². The van der Waals surface area contributed by atoms with Crippen LogP contribution in [0.2, 0.25) is 0 Å². The van der Waals surface area contributed by atoms with Gasteiger partial charge in [-0.3, -0.25) is 9.51 Å². The lowest BCUT2D eigenvalue weighted by atomic mass is 10.2. The molecular weight excluding hydrogens is 375 g/mol. The number of rotatable bonds is 4. The normalized spacial score (nSPS) is 16.3. The highest BCUT2D eigenvalue weighted by molar-refractivity contribution is 7.89. The lowest BCUT2D eigenvalue weighted by Crippen LogP contribution is -2.45. The van der Waals surface area contributed by atoms with E-state index in [1.165, 1.54) is 16.4 Å². The van der Waals surface area contributed by atoms with Gasteiger partial charge in [0.2, 0.25) is 10.0 Å². The van der Waals surface area contributed by atoms with E-state index in [-0.39, 0.29) is 30.5 Å². The molecule has 0 saturated carbocycles. The van der Waals surface area contributed by atoms with Crippen molar-refractivity contribution in [2.75, 3.05) is 11.6 Å². The Morgan fingerprint density at radius 1 is 1.15 bits per heavy atom. The van der Waals surface area contributed by atoms with E-state index < -0.39 is 21.6 Å². The molecule has 0 spiro atoms. The molecule has 3 aromatic rings. The van der Waals surface area contributed by atoms with E-state index in [1.54, 1.807) is 4.90 Å². The summed E-state index contributed by atoms with van der Waals surface area (Å²) in [4.78, 5) is 15.2. The van der Waals surface area contributed by atoms with E-state index in [0.29, 0.717) is 5.69 Å². The molecule has 0 atom stereocenters. The van der Waals surface area contributed by atoms with Gasteiger partial charge in [-0.15, -0.1) is 0 Å². The average Bonchev–Trinajstić information content (AvgIpc) is 3.05. The Morgan fingerprint density at radius 2 is 1.93 bits per heavy atom. The van der Waals surface area contributed by atoms with Gasteiger partial charge in [0, 0.05) is 6.54 Å². The van der Waals surface area contributed by atoms with E-state index in [2.05, 4.69) is 14.7 Å². The van der Waals surface area contributed by atoms with Gasteiger partial charge in [-0.05, 0) is 23.8 Å². The maximum atomic E-state index is 13.8. The summed E-state index contributed by atoms with van der Waals surface area (Å²) >= 11 is 0. The van der Waals surface area contributed by atoms with Gasteiger partial charge in [-0.25, -0.2) is 17.6 Å². The quantitative estimate of drug-likeness (QED) is 0.728. The van der Waals surface area contributed by atoms with Crippen molar-refractivity contribution in [1.82, 2.24) is 14.4 Å². The van der Waals surface area contributed by atoms with Crippen LogP contribution in [0.5, 0.6) is 0 Å². The summed E-state index contributed by atoms with van der Waals surface area (Å²) in [5.74, 6) is -1.10. The first-order chi connectivity index (χ1) is 12.9. The van der Waals surface area contributed by atoms with Crippen LogP contribution in [0.3, 0.4) is 0 Å². The lowest BCUT2D eigenvalue weighted by molar-refractivity contribution is 0.371. The Bertz CT molecular complexity index is 1130. The van der Waals surface area contributed by atoms with Gasteiger partial charge < -0.3 is 4.90 Å². The molecule has 0 bridgehead atoms. The van der Waals surface area contributed by atoms with Crippen LogP contribution in [0.15, 0.2) is 62.7 Å². The highest BCUT2D eigenvalue weighted by atomic mass is 32.2. The molecule has 1 aliphatic heterocycles. The zero-order chi connectivity index (χ0) is 19.0. The molecule has 2 heterocycles. The maximum Gasteiger partial charge on any atom is 0.438 e. The fourth-order valence-corrected chi connectivity index (χ4v) is 4.62. The topological polar surface area (TPSA) is 99.5 Å². The summed E-state index contributed by atoms with van der Waals surface area (Å²) in [5.41, 5.74) is 1.14. The monoisotopic (exact) mass is 390 g/mol. The molecule has 4 rings (SSSR count). The SMILES string of the molecule is O=c1[nH]c(CN2CN(Cc3ccccc3)S(=O)(=O)c3cc(F)ccc32)no1. The Kier molecular flexibility index (Phi) is 4.28. The van der Waals surface area contributed by atoms with E-state index in [4.69, 9.17) is 0 Å². The Labute approximate surface area is 153 Å². The predicted octanol–water partition coefficient (Wildman–Crippen LogP) is 1.67. The molecule has 0 aliphatic carbocycles. The third-order valence-electron chi connectivity index (χ3n) is 4.24. The molecule has 0 amide bonds. The molecular formula is C17H15FN4O4S. The second-order valence-electron chi connectivity index (χ2n) is 6.09. The van der Waals surface area contributed by atoms with E-state index >= 15 is 0 Å². The number of H-pyrrole nitrogens is 1. The fourth-order valence-electron chi connectivity index (χ4n) is 3.00. The molecule has 1 N–H and O–H groups in total. The van der Waals surface area contributed by atoms with E-state index in [0.717, 1.165) is 11.6 Å². The number of nitrogens with one attached hydrogen (secondary N) is 1. The van der Waals surface area contributed by atoms with Crippen molar-refractivity contribution in [3.05, 3.63) is 76.3 Å². The lowest BCUT2D eigenvalue weighted by Gasteiger charge is -2.37. The minimum Gasteiger partial charge on any atom is -0.349 e. The number of fused-ring (bicyclic) bond motifs is 1. The number of halogens is 1. The minimum absolute atomic E-state index is 0.0186. The number of benzene rings is 2. The summed E-state index contributed by atoms with van der Waals surface area (Å²) in [6.45, 7) is 0.251. The van der Waals surface area contributed by atoms with Crippen LogP contribution < -0.4 is 10.7 Å². The van der Waals surface area contributed by atoms with Gasteiger partial charge in [0.15, 0.2) is 5.82 Å². The molecule has 27 heavy (non-hydrogen) atoms. The van der Waals surface area contributed by atoms with Crippen LogP contribution in [0, 0.1) is 5.82 Å². The summed E-state index contributed by atoms with van der Waals surface area (Å²) < 4.78 is 45.5. The Balaban J connectivity index is 1.75. The molecule has 2 aromatic carbocycles. The molecule has 10 heteroatoms. The summed E-state index contributed by atoms with van der Waals surface area (Å²) in [7, 11) is -3.89. The first-order valence-corrected chi connectivity index (χ1v) is 9.51. The Hall–Kier alpha value is -2.98. The zero-order valence-electron chi connectivity index (χ0n) is 14.0. The van der Waals surface area contributed by atoms with Crippen molar-refractivity contribution in [3.8, 4) is 0 Å². The zero-order valence-corrected chi connectivity index (χ0v) is 14.8. The average molecular weight is 390 g/mol. The number of sulfonamides is 1. The molecule has 0 unspecified atom stereocenters. The minimum atomic E-state index is -3.89. The molecule has 0 saturated heterocycles. The number of aromatic amines is 1. The largest absolute Gasteiger partial charge is 0.438 e. The number of aromatic nitrogens is 2. The van der Waals surface area contributed by atoms with Gasteiger partial charge in [0.1, 0.15) is 10.7 Å². The fraction of sp³-hybridized carbons (Fsp3) is 0.176. The van der Waals surface area contributed by atoms with Crippen molar-refractivity contribution in [2.24, 2.45) is 0 Å². The van der Waals surface area contributed by atoms with Crippen LogP contribution in [0.4, 0.5) is 10.1 Å². The number of hydrogen-bond acceptors (Lipinski definition) is 6. The van der Waals surface area contributed by atoms with Crippen LogP contribution in [0.25, 0.3) is 0 Å². The van der Waals surface area contributed by atoms with Gasteiger partial charge in [-0.1, -0.05) is 35.5 Å². The van der Waals surface area contributed by atoms with Gasteiger partial charge >= 0.3 is 5.76 Å². The predicted molar refractivity (Wildman–Crippen MR) is 93.7 cm³/mol. The molecule has 0 radical (unpaired) electrons. The number of nitrogens with zero attached hydrogens (tertiary/aromatic N) is 3. The highest BCUT2D eigenvalue weighted by Gasteiger charge is 2.36. The van der Waals surface area contributed by atoms with Crippen LogP contribution in [-0.4, -0.2) is 29.5 Å². The van der Waals surface area contributed by atoms with E-state index in [1.807, 2.05) is 30.3 Å². The van der Waals surface area contributed by atoms with Crippen LogP contribution >= 0.6 is 0 Å². The van der Waals surface area contributed by atoms with Crippen molar-refractivity contribution in [1.29, 1.82) is 0 Å². The van der Waals surface area contributed by atoms with Crippen LogP contribution in [-0.2, 0) is 23.1 Å². The molecule has 140 valence electrons. The molecule has 0 fully saturated rings. The number of anilines is 1. The molecule has 1 aliphatic rings. The molecule has 8 nitrogen and oxygen atoms in total. The maximum absolute atomic E-state index is 13.8. The summed E-state index contributed by atoms with van der Waals surface area (Å²) in [6, 6.07) is 12.7. The second kappa shape index (κ2) is 6.63. The first kappa shape index (κ1) is 17.4. The summed E-state index contributed by atoms with van der Waals surface area (Å²) in [6.07, 6.45) is 0.